The van der Waals surface area contributed by atoms with Gasteiger partial charge in [-0.15, -0.1) is 0 Å². The number of hydrogen-bond donors (Lipinski definition) is 0. The van der Waals surface area contributed by atoms with E-state index in [0.29, 0.717) is 0 Å². The molecule has 0 aliphatic heterocycles. The Hall–Kier alpha value is -0.0400. The predicted molar refractivity (Wildman–Crippen MR) is 44.8 cm³/mol. The fourth-order valence-corrected chi connectivity index (χ4v) is 1.24. The Morgan fingerprint density at radius 2 is 2.33 bits per heavy atom. The summed E-state index contributed by atoms with van der Waals surface area (Å²) in [6, 6.07) is 0. The largest absolute Gasteiger partial charge is 0.0828 e. The number of allylic oxidation sites excluding steroid dienone is 4. The van der Waals surface area contributed by atoms with E-state index in [4.69, 9.17) is 0 Å². The second kappa shape index (κ2) is 2.70. The number of halogens is 1. The Kier molecular flexibility index (Phi) is 2.12. The van der Waals surface area contributed by atoms with Gasteiger partial charge < -0.3 is 0 Å². The molecule has 1 aliphatic rings. The summed E-state index contributed by atoms with van der Waals surface area (Å²) < 4.78 is 0.266. The van der Waals surface area contributed by atoms with Crippen LogP contribution in [0.4, 0.5) is 0 Å². The van der Waals surface area contributed by atoms with Crippen LogP contribution in [-0.2, 0) is 0 Å². The second-order valence-corrected chi connectivity index (χ2v) is 3.96. The molecule has 0 saturated carbocycles. The van der Waals surface area contributed by atoms with E-state index in [1.165, 1.54) is 0 Å². The lowest BCUT2D eigenvalue weighted by atomic mass is 9.98. The molecular formula is C8H11Br. The Labute approximate surface area is 64.8 Å². The molecule has 0 spiro atoms. The van der Waals surface area contributed by atoms with E-state index in [-0.39, 0.29) is 4.32 Å². The van der Waals surface area contributed by atoms with Crippen LogP contribution in [0.25, 0.3) is 0 Å². The summed E-state index contributed by atoms with van der Waals surface area (Å²) in [7, 11) is 0. The summed E-state index contributed by atoms with van der Waals surface area (Å²) in [5.74, 6) is 0. The SMILES string of the molecule is CC[C@@]1(Br)C=CC=CC1. The Balaban J connectivity index is 2.63. The minimum atomic E-state index is 0.266. The fourth-order valence-electron chi connectivity index (χ4n) is 0.901. The van der Waals surface area contributed by atoms with Gasteiger partial charge in [0.05, 0.1) is 0 Å². The van der Waals surface area contributed by atoms with Crippen LogP contribution in [0.5, 0.6) is 0 Å². The van der Waals surface area contributed by atoms with Gasteiger partial charge in [0.2, 0.25) is 0 Å². The second-order valence-electron chi connectivity index (χ2n) is 2.38. The van der Waals surface area contributed by atoms with E-state index >= 15 is 0 Å². The summed E-state index contributed by atoms with van der Waals surface area (Å²) in [5.41, 5.74) is 0. The molecule has 0 bridgehead atoms. The maximum absolute atomic E-state index is 3.66. The van der Waals surface area contributed by atoms with Crippen LogP contribution in [0.15, 0.2) is 24.3 Å². The van der Waals surface area contributed by atoms with Crippen molar-refractivity contribution >= 4 is 15.9 Å². The summed E-state index contributed by atoms with van der Waals surface area (Å²) >= 11 is 3.66. The molecule has 0 nitrogen and oxygen atoms in total. The summed E-state index contributed by atoms with van der Waals surface area (Å²) in [4.78, 5) is 0. The highest BCUT2D eigenvalue weighted by molar-refractivity contribution is 9.10. The average molecular weight is 187 g/mol. The van der Waals surface area contributed by atoms with Crippen LogP contribution >= 0.6 is 15.9 Å². The highest BCUT2D eigenvalue weighted by Crippen LogP contribution is 2.30. The first-order valence-electron chi connectivity index (χ1n) is 3.30. The topological polar surface area (TPSA) is 0 Å². The van der Waals surface area contributed by atoms with Crippen LogP contribution in [-0.4, -0.2) is 4.32 Å². The van der Waals surface area contributed by atoms with Gasteiger partial charge >= 0.3 is 0 Å². The van der Waals surface area contributed by atoms with Crippen molar-refractivity contribution in [1.29, 1.82) is 0 Å². The highest BCUT2D eigenvalue weighted by Gasteiger charge is 2.19. The molecule has 9 heavy (non-hydrogen) atoms. The highest BCUT2D eigenvalue weighted by atomic mass is 79.9. The first-order chi connectivity index (χ1) is 4.27. The van der Waals surface area contributed by atoms with Gasteiger partial charge in [-0.3, -0.25) is 0 Å². The van der Waals surface area contributed by atoms with E-state index in [9.17, 15) is 0 Å². The summed E-state index contributed by atoms with van der Waals surface area (Å²) in [6.07, 6.45) is 10.9. The third-order valence-corrected chi connectivity index (χ3v) is 2.84. The first kappa shape index (κ1) is 7.07. The van der Waals surface area contributed by atoms with Crippen LogP contribution in [0, 0.1) is 0 Å². The van der Waals surface area contributed by atoms with Gasteiger partial charge in [0, 0.05) is 4.32 Å². The van der Waals surface area contributed by atoms with Crippen molar-refractivity contribution in [2.24, 2.45) is 0 Å². The number of alkyl halides is 1. The molecule has 1 atom stereocenters. The monoisotopic (exact) mass is 186 g/mol. The summed E-state index contributed by atoms with van der Waals surface area (Å²) in [5, 5.41) is 0. The van der Waals surface area contributed by atoms with Gasteiger partial charge in [0.25, 0.3) is 0 Å². The van der Waals surface area contributed by atoms with Crippen molar-refractivity contribution in [3.63, 3.8) is 0 Å². The normalized spacial score (nSPS) is 33.1. The minimum absolute atomic E-state index is 0.266. The van der Waals surface area contributed by atoms with Gasteiger partial charge in [-0.25, -0.2) is 0 Å². The molecule has 1 rings (SSSR count). The number of hydrogen-bond acceptors (Lipinski definition) is 0. The van der Waals surface area contributed by atoms with Crippen molar-refractivity contribution < 1.29 is 0 Å². The zero-order valence-electron chi connectivity index (χ0n) is 5.60. The van der Waals surface area contributed by atoms with Crippen LogP contribution in [0.3, 0.4) is 0 Å². The van der Waals surface area contributed by atoms with Crippen molar-refractivity contribution in [3.8, 4) is 0 Å². The maximum atomic E-state index is 3.66. The van der Waals surface area contributed by atoms with Crippen molar-refractivity contribution in [2.75, 3.05) is 0 Å². The maximum Gasteiger partial charge on any atom is 0.0471 e. The molecule has 50 valence electrons. The van der Waals surface area contributed by atoms with E-state index in [1.807, 2.05) is 0 Å². The van der Waals surface area contributed by atoms with Gasteiger partial charge in [-0.05, 0) is 12.8 Å². The molecule has 0 aromatic rings. The molecule has 0 aromatic heterocycles. The zero-order chi connectivity index (χ0) is 6.74. The lowest BCUT2D eigenvalue weighted by Crippen LogP contribution is -2.15. The van der Waals surface area contributed by atoms with E-state index in [2.05, 4.69) is 47.2 Å². The van der Waals surface area contributed by atoms with Gasteiger partial charge in [-0.1, -0.05) is 47.2 Å². The van der Waals surface area contributed by atoms with Crippen molar-refractivity contribution in [3.05, 3.63) is 24.3 Å². The third kappa shape index (κ3) is 1.68. The molecule has 0 unspecified atom stereocenters. The molecule has 0 aromatic carbocycles. The molecule has 1 heteroatoms. The number of rotatable bonds is 1. The average Bonchev–Trinajstić information content (AvgIpc) is 1.90. The predicted octanol–water partition coefficient (Wildman–Crippen LogP) is 3.05. The Bertz CT molecular complexity index is 147. The van der Waals surface area contributed by atoms with Crippen molar-refractivity contribution in [1.82, 2.24) is 0 Å². The van der Waals surface area contributed by atoms with Crippen LogP contribution in [0.1, 0.15) is 19.8 Å². The van der Waals surface area contributed by atoms with Gasteiger partial charge in [0.1, 0.15) is 0 Å². The van der Waals surface area contributed by atoms with Gasteiger partial charge in [-0.2, -0.15) is 0 Å². The molecule has 0 amide bonds. The molecular weight excluding hydrogens is 176 g/mol. The molecule has 0 saturated heterocycles. The first-order valence-corrected chi connectivity index (χ1v) is 4.09. The van der Waals surface area contributed by atoms with E-state index < -0.39 is 0 Å². The molecule has 0 N–H and O–H groups in total. The standard InChI is InChI=1S/C8H11Br/c1-2-8(9)6-4-3-5-7-8/h3-6H,2,7H2,1H3/t8-/m1/s1. The molecule has 0 heterocycles. The van der Waals surface area contributed by atoms with Crippen molar-refractivity contribution in [2.45, 2.75) is 24.1 Å². The zero-order valence-corrected chi connectivity index (χ0v) is 7.19. The smallest absolute Gasteiger partial charge is 0.0471 e. The lowest BCUT2D eigenvalue weighted by molar-refractivity contribution is 0.703. The fraction of sp³-hybridized carbons (Fsp3) is 0.500. The van der Waals surface area contributed by atoms with Gasteiger partial charge in [0.15, 0.2) is 0 Å². The van der Waals surface area contributed by atoms with Crippen LogP contribution < -0.4 is 0 Å². The molecule has 1 aliphatic carbocycles. The summed E-state index contributed by atoms with van der Waals surface area (Å²) in [6.45, 7) is 2.19. The van der Waals surface area contributed by atoms with E-state index in [0.717, 1.165) is 12.8 Å². The van der Waals surface area contributed by atoms with Crippen LogP contribution in [0.2, 0.25) is 0 Å². The Morgan fingerprint density at radius 3 is 2.67 bits per heavy atom. The molecule has 0 fully saturated rings. The molecule has 0 radical (unpaired) electrons. The third-order valence-electron chi connectivity index (χ3n) is 1.69. The quantitative estimate of drug-likeness (QED) is 0.553. The Morgan fingerprint density at radius 1 is 1.56 bits per heavy atom. The van der Waals surface area contributed by atoms with E-state index in [1.54, 1.807) is 0 Å². The lowest BCUT2D eigenvalue weighted by Gasteiger charge is -2.21. The minimum Gasteiger partial charge on any atom is -0.0828 e.